The molecule has 0 spiro atoms. The molecule has 3 rings (SSSR count). The van der Waals surface area contributed by atoms with Gasteiger partial charge in [-0.3, -0.25) is 4.79 Å². The zero-order chi connectivity index (χ0) is 20.5. The molecule has 1 amide bonds. The van der Waals surface area contributed by atoms with E-state index in [1.165, 1.54) is 0 Å². The van der Waals surface area contributed by atoms with Crippen molar-refractivity contribution in [3.05, 3.63) is 59.7 Å². The fourth-order valence-electron chi connectivity index (χ4n) is 2.55. The maximum atomic E-state index is 12.1. The Labute approximate surface area is 174 Å². The minimum atomic E-state index is -0.190. The molecule has 0 saturated carbocycles. The first-order valence-electron chi connectivity index (χ1n) is 9.25. The molecule has 9 heteroatoms. The summed E-state index contributed by atoms with van der Waals surface area (Å²) in [5, 5.41) is 18.4. The molecular formula is C20H24N6O2S. The third-order valence-corrected chi connectivity index (χ3v) is 5.09. The first-order valence-corrected chi connectivity index (χ1v) is 10.2. The molecule has 1 heterocycles. The van der Waals surface area contributed by atoms with E-state index < -0.39 is 0 Å². The van der Waals surface area contributed by atoms with Crippen molar-refractivity contribution in [3.8, 4) is 5.75 Å². The Kier molecular flexibility index (Phi) is 7.60. The molecule has 2 aromatic carbocycles. The second-order valence-corrected chi connectivity index (χ2v) is 7.48. The first kappa shape index (κ1) is 20.8. The van der Waals surface area contributed by atoms with Crippen LogP contribution in [0.4, 0.5) is 5.69 Å². The van der Waals surface area contributed by atoms with Crippen LogP contribution in [0.15, 0.2) is 53.7 Å². The lowest BCUT2D eigenvalue weighted by Crippen LogP contribution is -2.21. The maximum absolute atomic E-state index is 12.1. The fraction of sp³-hybridized carbons (Fsp3) is 0.300. The Balaban J connectivity index is 1.42. The summed E-state index contributed by atoms with van der Waals surface area (Å²) in [4.78, 5) is 12.1. The minimum absolute atomic E-state index is 0.0418. The van der Waals surface area contributed by atoms with Crippen molar-refractivity contribution in [2.45, 2.75) is 18.6 Å². The lowest BCUT2D eigenvalue weighted by Gasteiger charge is -2.12. The van der Waals surface area contributed by atoms with Gasteiger partial charge in [-0.05, 0) is 35.5 Å². The number of aromatic nitrogens is 4. The van der Waals surface area contributed by atoms with E-state index >= 15 is 0 Å². The predicted molar refractivity (Wildman–Crippen MR) is 113 cm³/mol. The van der Waals surface area contributed by atoms with Gasteiger partial charge < -0.3 is 15.4 Å². The number of hydrogen-bond donors (Lipinski definition) is 2. The van der Waals surface area contributed by atoms with E-state index in [1.54, 1.807) is 16.4 Å². The molecule has 0 saturated heterocycles. The van der Waals surface area contributed by atoms with Crippen LogP contribution in [-0.2, 0) is 18.4 Å². The summed E-state index contributed by atoms with van der Waals surface area (Å²) in [5.41, 5.74) is 2.91. The Morgan fingerprint density at radius 2 is 1.97 bits per heavy atom. The zero-order valence-electron chi connectivity index (χ0n) is 16.5. The van der Waals surface area contributed by atoms with Crippen LogP contribution in [0.2, 0.25) is 0 Å². The molecule has 1 aromatic heterocycles. The summed E-state index contributed by atoms with van der Waals surface area (Å²) in [6.45, 7) is 3.40. The summed E-state index contributed by atoms with van der Waals surface area (Å²) >= 11 is 1.59. The highest BCUT2D eigenvalue weighted by Crippen LogP contribution is 2.18. The highest BCUT2D eigenvalue weighted by Gasteiger charge is 2.08. The van der Waals surface area contributed by atoms with Crippen molar-refractivity contribution in [2.75, 3.05) is 24.2 Å². The number of anilines is 1. The highest BCUT2D eigenvalue weighted by molar-refractivity contribution is 7.99. The van der Waals surface area contributed by atoms with Crippen molar-refractivity contribution < 1.29 is 9.53 Å². The Hall–Kier alpha value is -2.91. The van der Waals surface area contributed by atoms with Crippen LogP contribution >= 0.6 is 11.8 Å². The van der Waals surface area contributed by atoms with Crippen molar-refractivity contribution in [1.29, 1.82) is 0 Å². The number of nitrogens with zero attached hydrogens (tertiary/aromatic N) is 4. The van der Waals surface area contributed by atoms with E-state index in [2.05, 4.69) is 26.2 Å². The van der Waals surface area contributed by atoms with Gasteiger partial charge in [-0.25, -0.2) is 4.68 Å². The Morgan fingerprint density at radius 3 is 2.72 bits per heavy atom. The van der Waals surface area contributed by atoms with Crippen LogP contribution in [0, 0.1) is 6.92 Å². The molecule has 2 N–H and O–H groups in total. The highest BCUT2D eigenvalue weighted by atomic mass is 32.2. The van der Waals surface area contributed by atoms with E-state index in [0.717, 1.165) is 34.3 Å². The van der Waals surface area contributed by atoms with Crippen molar-refractivity contribution in [1.82, 2.24) is 25.5 Å². The van der Waals surface area contributed by atoms with E-state index in [0.29, 0.717) is 12.3 Å². The minimum Gasteiger partial charge on any atom is -0.483 e. The summed E-state index contributed by atoms with van der Waals surface area (Å²) < 4.78 is 7.39. The molecular weight excluding hydrogens is 388 g/mol. The van der Waals surface area contributed by atoms with Crippen molar-refractivity contribution >= 4 is 23.4 Å². The Bertz CT molecular complexity index is 929. The van der Waals surface area contributed by atoms with Crippen LogP contribution in [0.25, 0.3) is 0 Å². The number of carbonyl (C=O) groups excluding carboxylic acids is 1. The lowest BCUT2D eigenvalue weighted by atomic mass is 10.2. The summed E-state index contributed by atoms with van der Waals surface area (Å²) in [7, 11) is 1.82. The number of thioether (sulfide) groups is 1. The van der Waals surface area contributed by atoms with Crippen LogP contribution in [-0.4, -0.2) is 45.0 Å². The molecule has 0 aliphatic rings. The number of tetrazole rings is 1. The Morgan fingerprint density at radius 1 is 1.17 bits per heavy atom. The zero-order valence-corrected chi connectivity index (χ0v) is 17.3. The van der Waals surface area contributed by atoms with Gasteiger partial charge >= 0.3 is 0 Å². The molecule has 0 radical (unpaired) electrons. The summed E-state index contributed by atoms with van der Waals surface area (Å²) in [6, 6.07) is 15.4. The predicted octanol–water partition coefficient (Wildman–Crippen LogP) is 2.42. The smallest absolute Gasteiger partial charge is 0.262 e. The van der Waals surface area contributed by atoms with Crippen LogP contribution in [0.5, 0.6) is 5.75 Å². The summed E-state index contributed by atoms with van der Waals surface area (Å²) in [6.07, 6.45) is 0. The average Bonchev–Trinajstić information content (AvgIpc) is 3.13. The SMILES string of the molecule is Cc1ccc(NC(=O)COc2ccccc2CNCCSc2nnnn2C)cc1. The molecule has 0 bridgehead atoms. The molecule has 29 heavy (non-hydrogen) atoms. The van der Waals surface area contributed by atoms with Gasteiger partial charge in [0.05, 0.1) is 0 Å². The fourth-order valence-corrected chi connectivity index (χ4v) is 3.30. The monoisotopic (exact) mass is 412 g/mol. The summed E-state index contributed by atoms with van der Waals surface area (Å²) in [5.74, 6) is 1.35. The molecule has 0 atom stereocenters. The van der Waals surface area contributed by atoms with E-state index in [1.807, 2.05) is 62.5 Å². The van der Waals surface area contributed by atoms with Gasteiger partial charge in [0.1, 0.15) is 5.75 Å². The lowest BCUT2D eigenvalue weighted by molar-refractivity contribution is -0.118. The number of hydrogen-bond acceptors (Lipinski definition) is 7. The van der Waals surface area contributed by atoms with Gasteiger partial charge in [0.15, 0.2) is 6.61 Å². The maximum Gasteiger partial charge on any atom is 0.262 e. The number of nitrogens with one attached hydrogen (secondary N) is 2. The largest absolute Gasteiger partial charge is 0.483 e. The van der Waals surface area contributed by atoms with Gasteiger partial charge in [-0.2, -0.15) is 0 Å². The molecule has 0 aliphatic carbocycles. The average molecular weight is 413 g/mol. The van der Waals surface area contributed by atoms with Crippen LogP contribution in [0.3, 0.4) is 0 Å². The number of para-hydroxylation sites is 1. The molecule has 0 unspecified atom stereocenters. The number of carbonyl (C=O) groups is 1. The normalized spacial score (nSPS) is 10.7. The third-order valence-electron chi connectivity index (χ3n) is 4.07. The van der Waals surface area contributed by atoms with Crippen LogP contribution in [0.1, 0.15) is 11.1 Å². The van der Waals surface area contributed by atoms with E-state index in [9.17, 15) is 4.79 Å². The molecule has 152 valence electrons. The molecule has 0 fully saturated rings. The van der Waals surface area contributed by atoms with Gasteiger partial charge in [0, 0.05) is 37.1 Å². The van der Waals surface area contributed by atoms with Gasteiger partial charge in [-0.1, -0.05) is 47.7 Å². The third kappa shape index (κ3) is 6.58. The van der Waals surface area contributed by atoms with Crippen molar-refractivity contribution in [2.24, 2.45) is 7.05 Å². The van der Waals surface area contributed by atoms with Crippen LogP contribution < -0.4 is 15.4 Å². The number of benzene rings is 2. The second kappa shape index (κ2) is 10.6. The first-order chi connectivity index (χ1) is 14.1. The topological polar surface area (TPSA) is 94.0 Å². The van der Waals surface area contributed by atoms with Crippen molar-refractivity contribution in [3.63, 3.8) is 0 Å². The number of aryl methyl sites for hydroxylation is 2. The number of amides is 1. The van der Waals surface area contributed by atoms with E-state index in [-0.39, 0.29) is 12.5 Å². The number of ether oxygens (including phenoxy) is 1. The number of rotatable bonds is 10. The quantitative estimate of drug-likeness (QED) is 0.390. The van der Waals surface area contributed by atoms with Gasteiger partial charge in [0.2, 0.25) is 5.16 Å². The molecule has 8 nitrogen and oxygen atoms in total. The van der Waals surface area contributed by atoms with Gasteiger partial charge in [-0.15, -0.1) is 5.10 Å². The second-order valence-electron chi connectivity index (χ2n) is 6.42. The van der Waals surface area contributed by atoms with Gasteiger partial charge in [0.25, 0.3) is 5.91 Å². The standard InChI is InChI=1S/C20H24N6O2S/c1-15-7-9-17(10-8-15)22-19(27)14-28-18-6-4-3-5-16(18)13-21-11-12-29-20-23-24-25-26(20)2/h3-10,21H,11-14H2,1-2H3,(H,22,27). The molecule has 0 aliphatic heterocycles. The molecule has 3 aromatic rings. The van der Waals surface area contributed by atoms with E-state index in [4.69, 9.17) is 4.74 Å².